The van der Waals surface area contributed by atoms with Crippen LogP contribution < -0.4 is 15.5 Å². The zero-order valence-electron chi connectivity index (χ0n) is 24.4. The molecule has 2 heterocycles. The van der Waals surface area contributed by atoms with Crippen LogP contribution in [0.3, 0.4) is 0 Å². The lowest BCUT2D eigenvalue weighted by atomic mass is 10.1. The normalized spacial score (nSPS) is 14.3. The molecule has 2 aromatic carbocycles. The predicted molar refractivity (Wildman–Crippen MR) is 161 cm³/mol. The van der Waals surface area contributed by atoms with Gasteiger partial charge < -0.3 is 25.0 Å². The summed E-state index contributed by atoms with van der Waals surface area (Å²) in [6.07, 6.45) is 6.30. The predicted octanol–water partition coefficient (Wildman–Crippen LogP) is 5.23. The van der Waals surface area contributed by atoms with Crippen LogP contribution in [0, 0.1) is 5.82 Å². The van der Waals surface area contributed by atoms with Crippen molar-refractivity contribution < 1.29 is 23.5 Å². The molecule has 1 atom stereocenters. The summed E-state index contributed by atoms with van der Waals surface area (Å²) < 4.78 is 25.1. The van der Waals surface area contributed by atoms with Gasteiger partial charge in [0.25, 0.3) is 5.91 Å². The molecule has 0 radical (unpaired) electrons. The Balaban J connectivity index is 1.29. The maximum absolute atomic E-state index is 14.3. The van der Waals surface area contributed by atoms with Crippen molar-refractivity contribution >= 4 is 23.4 Å². The number of methoxy groups -OCH3 is 1. The van der Waals surface area contributed by atoms with E-state index >= 15 is 0 Å². The van der Waals surface area contributed by atoms with Crippen molar-refractivity contribution in [3.63, 3.8) is 0 Å². The molecular weight excluding hydrogens is 537 g/mol. The fourth-order valence-corrected chi connectivity index (χ4v) is 4.90. The van der Waals surface area contributed by atoms with Crippen LogP contribution in [0.4, 0.5) is 20.6 Å². The number of hydrogen-bond donors (Lipinski definition) is 2. The molecule has 1 saturated heterocycles. The van der Waals surface area contributed by atoms with E-state index in [1.165, 1.54) is 18.2 Å². The summed E-state index contributed by atoms with van der Waals surface area (Å²) >= 11 is 0. The third-order valence-corrected chi connectivity index (χ3v) is 7.33. The second kappa shape index (κ2) is 15.8. The van der Waals surface area contributed by atoms with Crippen molar-refractivity contribution in [2.45, 2.75) is 45.4 Å². The first-order chi connectivity index (χ1) is 20.4. The van der Waals surface area contributed by atoms with Crippen LogP contribution >= 0.6 is 0 Å². The zero-order chi connectivity index (χ0) is 29.7. The number of alkyl carbamates (subject to hydrolysis) is 1. The first-order valence-corrected chi connectivity index (χ1v) is 14.4. The van der Waals surface area contributed by atoms with Crippen molar-refractivity contribution in [2.24, 2.45) is 0 Å². The van der Waals surface area contributed by atoms with E-state index in [2.05, 4.69) is 32.3 Å². The van der Waals surface area contributed by atoms with Gasteiger partial charge in [0.15, 0.2) is 0 Å². The van der Waals surface area contributed by atoms with Crippen molar-refractivity contribution in [3.05, 3.63) is 89.5 Å². The smallest absolute Gasteiger partial charge is 0.407 e. The van der Waals surface area contributed by atoms with Gasteiger partial charge in [-0.25, -0.2) is 9.18 Å². The molecule has 4 rings (SSSR count). The van der Waals surface area contributed by atoms with Gasteiger partial charge in [-0.3, -0.25) is 14.7 Å². The van der Waals surface area contributed by atoms with Gasteiger partial charge in [-0.1, -0.05) is 38.0 Å². The largest absolute Gasteiger partial charge is 0.445 e. The van der Waals surface area contributed by atoms with E-state index in [0.717, 1.165) is 50.0 Å². The Morgan fingerprint density at radius 2 is 1.83 bits per heavy atom. The van der Waals surface area contributed by atoms with Gasteiger partial charge in [0.05, 0.1) is 17.4 Å². The molecular formula is C32H40FN5O4. The third-order valence-electron chi connectivity index (χ3n) is 7.33. The maximum atomic E-state index is 14.3. The van der Waals surface area contributed by atoms with Crippen LogP contribution in [0.15, 0.2) is 67.0 Å². The van der Waals surface area contributed by atoms with Crippen molar-refractivity contribution in [1.82, 2.24) is 15.2 Å². The number of rotatable bonds is 13. The van der Waals surface area contributed by atoms with E-state index in [1.54, 1.807) is 37.7 Å². The number of piperazine rings is 1. The molecule has 0 spiro atoms. The molecule has 1 aromatic heterocycles. The van der Waals surface area contributed by atoms with Crippen LogP contribution in [0.25, 0.3) is 0 Å². The Morgan fingerprint density at radius 1 is 1.05 bits per heavy atom. The first-order valence-electron chi connectivity index (χ1n) is 14.4. The Hall–Kier alpha value is -4.02. The molecule has 1 aliphatic heterocycles. The van der Waals surface area contributed by atoms with Crippen molar-refractivity contribution in [3.8, 4) is 0 Å². The highest BCUT2D eigenvalue weighted by molar-refractivity contribution is 6.08. The van der Waals surface area contributed by atoms with Gasteiger partial charge in [0.1, 0.15) is 12.4 Å². The molecule has 1 unspecified atom stereocenters. The Labute approximate surface area is 247 Å². The van der Waals surface area contributed by atoms with Crippen molar-refractivity contribution in [2.75, 3.05) is 50.1 Å². The van der Waals surface area contributed by atoms with Crippen LogP contribution in [-0.2, 0) is 22.6 Å². The van der Waals surface area contributed by atoms with E-state index in [9.17, 15) is 14.0 Å². The number of halogens is 1. The van der Waals surface area contributed by atoms with Crippen molar-refractivity contribution in [1.29, 1.82) is 0 Å². The van der Waals surface area contributed by atoms with E-state index in [4.69, 9.17) is 9.47 Å². The number of benzene rings is 2. The summed E-state index contributed by atoms with van der Waals surface area (Å²) in [6.45, 7) is 6.49. The highest BCUT2D eigenvalue weighted by Crippen LogP contribution is 2.25. The molecule has 3 aromatic rings. The number of carbonyl (C=O) groups is 2. The summed E-state index contributed by atoms with van der Waals surface area (Å²) in [5.41, 5.74) is 3.26. The molecule has 10 heteroatoms. The number of carbonyl (C=O) groups excluding carboxylic acids is 2. The lowest BCUT2D eigenvalue weighted by Gasteiger charge is -2.38. The van der Waals surface area contributed by atoms with E-state index in [1.807, 2.05) is 18.2 Å². The summed E-state index contributed by atoms with van der Waals surface area (Å²) in [5.74, 6) is -0.685. The molecule has 1 fully saturated rings. The molecule has 42 heavy (non-hydrogen) atoms. The van der Waals surface area contributed by atoms with Crippen LogP contribution in [0.1, 0.15) is 47.7 Å². The number of unbranched alkanes of at least 4 members (excludes halogenated alkanes) is 1. The second-order valence-electron chi connectivity index (χ2n) is 10.4. The standard InChI is InChI=1S/C32H40FN5O4/c1-3-4-7-28(41-2)22-37-15-17-38(18-16-37)30-19-26(33)10-13-29(30)31(39)36-27-11-8-24(9-12-27)21-35-32(40)42-23-25-6-5-14-34-20-25/h5-6,8-14,19-20,28H,3-4,7,15-18,21-23H2,1-2H3,(H,35,40)(H,36,39). The van der Waals surface area contributed by atoms with Crippen LogP contribution in [0.2, 0.25) is 0 Å². The molecule has 0 aliphatic carbocycles. The summed E-state index contributed by atoms with van der Waals surface area (Å²) in [6, 6.07) is 15.1. The lowest BCUT2D eigenvalue weighted by molar-refractivity contribution is 0.0546. The van der Waals surface area contributed by atoms with E-state index in [0.29, 0.717) is 30.0 Å². The number of amides is 2. The molecule has 2 amide bonds. The van der Waals surface area contributed by atoms with E-state index in [-0.39, 0.29) is 31.0 Å². The number of anilines is 2. The maximum Gasteiger partial charge on any atom is 0.407 e. The monoisotopic (exact) mass is 577 g/mol. The minimum Gasteiger partial charge on any atom is -0.445 e. The summed E-state index contributed by atoms with van der Waals surface area (Å²) in [4.78, 5) is 33.7. The minimum atomic E-state index is -0.532. The highest BCUT2D eigenvalue weighted by atomic mass is 19.1. The molecule has 0 saturated carbocycles. The lowest BCUT2D eigenvalue weighted by Crippen LogP contribution is -2.49. The molecule has 224 valence electrons. The SMILES string of the molecule is CCCCC(CN1CCN(c2cc(F)ccc2C(=O)Nc2ccc(CNC(=O)OCc3cccnc3)cc2)CC1)OC. The van der Waals surface area contributed by atoms with E-state index < -0.39 is 6.09 Å². The number of ether oxygens (including phenoxy) is 2. The average molecular weight is 578 g/mol. The van der Waals surface area contributed by atoms with Gasteiger partial charge in [0, 0.05) is 70.0 Å². The number of aromatic nitrogens is 1. The Bertz CT molecular complexity index is 1280. The average Bonchev–Trinajstić information content (AvgIpc) is 3.02. The molecule has 9 nitrogen and oxygen atoms in total. The topological polar surface area (TPSA) is 96.0 Å². The fraction of sp³-hybridized carbons (Fsp3) is 0.406. The zero-order valence-corrected chi connectivity index (χ0v) is 24.4. The molecule has 0 bridgehead atoms. The highest BCUT2D eigenvalue weighted by Gasteiger charge is 2.24. The summed E-state index contributed by atoms with van der Waals surface area (Å²) in [7, 11) is 1.76. The first kappa shape index (κ1) is 30.9. The fourth-order valence-electron chi connectivity index (χ4n) is 4.90. The molecule has 2 N–H and O–H groups in total. The minimum absolute atomic E-state index is 0.138. The van der Waals surface area contributed by atoms with Gasteiger partial charge in [-0.05, 0) is 48.4 Å². The second-order valence-corrected chi connectivity index (χ2v) is 10.4. The van der Waals surface area contributed by atoms with Gasteiger partial charge >= 0.3 is 6.09 Å². The number of nitrogens with one attached hydrogen (secondary N) is 2. The molecule has 1 aliphatic rings. The van der Waals surface area contributed by atoms with Gasteiger partial charge in [-0.2, -0.15) is 0 Å². The Kier molecular flexibility index (Phi) is 11.7. The van der Waals surface area contributed by atoms with Gasteiger partial charge in [-0.15, -0.1) is 0 Å². The summed E-state index contributed by atoms with van der Waals surface area (Å²) in [5, 5.41) is 5.63. The number of hydrogen-bond acceptors (Lipinski definition) is 7. The van der Waals surface area contributed by atoms with Crippen LogP contribution in [-0.4, -0.2) is 67.8 Å². The van der Waals surface area contributed by atoms with Crippen LogP contribution in [0.5, 0.6) is 0 Å². The number of nitrogens with zero attached hydrogens (tertiary/aromatic N) is 3. The van der Waals surface area contributed by atoms with Gasteiger partial charge in [0.2, 0.25) is 0 Å². The third kappa shape index (κ3) is 9.25. The Morgan fingerprint density at radius 3 is 2.52 bits per heavy atom. The quantitative estimate of drug-likeness (QED) is 0.287. The number of pyridine rings is 1.